The zero-order valence-electron chi connectivity index (χ0n) is 19.3. The number of nitrogens with one attached hydrogen (secondary N) is 1. The number of carbonyl (C=O) groups excluding carboxylic acids is 2. The van der Waals surface area contributed by atoms with Crippen molar-refractivity contribution in [2.75, 3.05) is 26.2 Å². The van der Waals surface area contributed by atoms with Gasteiger partial charge in [0.2, 0.25) is 5.91 Å². The maximum atomic E-state index is 12.8. The van der Waals surface area contributed by atoms with Crippen molar-refractivity contribution in [3.8, 4) is 11.1 Å². The average molecular weight is 463 g/mol. The molecule has 1 aliphatic heterocycles. The third kappa shape index (κ3) is 4.15. The molecule has 2 aromatic carbocycles. The van der Waals surface area contributed by atoms with E-state index in [-0.39, 0.29) is 36.8 Å². The predicted octanol–water partition coefficient (Wildman–Crippen LogP) is 3.87. The van der Waals surface area contributed by atoms with Crippen LogP contribution >= 0.6 is 0 Å². The molecule has 3 atom stereocenters. The number of rotatable bonds is 6. The van der Waals surface area contributed by atoms with Crippen LogP contribution in [0.25, 0.3) is 11.1 Å². The summed E-state index contributed by atoms with van der Waals surface area (Å²) in [5.41, 5.74) is 3.82. The molecular weight excluding hydrogens is 432 g/mol. The second-order valence-corrected chi connectivity index (χ2v) is 10.0. The van der Waals surface area contributed by atoms with Gasteiger partial charge in [-0.05, 0) is 54.4 Å². The number of aliphatic carboxylic acids is 1. The van der Waals surface area contributed by atoms with Gasteiger partial charge in [0.1, 0.15) is 6.61 Å². The van der Waals surface area contributed by atoms with E-state index in [2.05, 4.69) is 29.6 Å². The number of ether oxygens (including phenoxy) is 1. The zero-order chi connectivity index (χ0) is 23.9. The number of carboxylic acids is 1. The van der Waals surface area contributed by atoms with Gasteiger partial charge < -0.3 is 20.1 Å². The number of benzene rings is 2. The minimum Gasteiger partial charge on any atom is -0.481 e. The Morgan fingerprint density at radius 1 is 1.09 bits per heavy atom. The Morgan fingerprint density at radius 3 is 2.38 bits per heavy atom. The van der Waals surface area contributed by atoms with Gasteiger partial charge in [-0.15, -0.1) is 0 Å². The van der Waals surface area contributed by atoms with Gasteiger partial charge in [0.15, 0.2) is 0 Å². The first-order chi connectivity index (χ1) is 16.4. The Balaban J connectivity index is 1.11. The Labute approximate surface area is 199 Å². The molecule has 5 rings (SSSR count). The summed E-state index contributed by atoms with van der Waals surface area (Å²) in [5, 5.41) is 12.3. The number of carboxylic acid groups (broad SMARTS) is 1. The Hall–Kier alpha value is -3.35. The predicted molar refractivity (Wildman–Crippen MR) is 126 cm³/mol. The van der Waals surface area contributed by atoms with Gasteiger partial charge in [0.25, 0.3) is 0 Å². The number of alkyl carbamates (subject to hydrolysis) is 1. The van der Waals surface area contributed by atoms with Crippen LogP contribution in [0.2, 0.25) is 0 Å². The first-order valence-corrected chi connectivity index (χ1v) is 12.0. The molecule has 1 saturated carbocycles. The highest BCUT2D eigenvalue weighted by atomic mass is 16.5. The first kappa shape index (κ1) is 22.4. The lowest BCUT2D eigenvalue weighted by Gasteiger charge is -2.37. The summed E-state index contributed by atoms with van der Waals surface area (Å²) in [4.78, 5) is 38.5. The van der Waals surface area contributed by atoms with Crippen molar-refractivity contribution < 1.29 is 24.2 Å². The number of piperidine rings is 1. The molecule has 2 amide bonds. The Kier molecular flexibility index (Phi) is 5.80. The molecule has 1 saturated heterocycles. The van der Waals surface area contributed by atoms with Crippen LogP contribution in [0.5, 0.6) is 0 Å². The van der Waals surface area contributed by atoms with E-state index in [1.54, 1.807) is 11.8 Å². The van der Waals surface area contributed by atoms with Crippen molar-refractivity contribution in [3.63, 3.8) is 0 Å². The van der Waals surface area contributed by atoms with Crippen LogP contribution in [0.15, 0.2) is 48.5 Å². The van der Waals surface area contributed by atoms with Gasteiger partial charge in [-0.25, -0.2) is 4.79 Å². The third-order valence-electron chi connectivity index (χ3n) is 7.62. The van der Waals surface area contributed by atoms with Gasteiger partial charge in [0, 0.05) is 31.5 Å². The number of amides is 2. The van der Waals surface area contributed by atoms with Crippen molar-refractivity contribution in [2.24, 2.45) is 17.3 Å². The van der Waals surface area contributed by atoms with Gasteiger partial charge in [-0.1, -0.05) is 48.5 Å². The first-order valence-electron chi connectivity index (χ1n) is 12.0. The van der Waals surface area contributed by atoms with Gasteiger partial charge in [-0.2, -0.15) is 0 Å². The second kappa shape index (κ2) is 8.78. The topological polar surface area (TPSA) is 95.9 Å². The summed E-state index contributed by atoms with van der Waals surface area (Å²) in [6.07, 6.45) is 1.52. The lowest BCUT2D eigenvalue weighted by Crippen LogP contribution is -2.49. The van der Waals surface area contributed by atoms with Crippen molar-refractivity contribution in [3.05, 3.63) is 59.7 Å². The highest BCUT2D eigenvalue weighted by Gasteiger charge is 2.48. The smallest absolute Gasteiger partial charge is 0.407 e. The molecule has 3 aliphatic rings. The van der Waals surface area contributed by atoms with E-state index in [1.165, 1.54) is 22.3 Å². The minimum absolute atomic E-state index is 0.00603. The fourth-order valence-electron chi connectivity index (χ4n) is 5.48. The fourth-order valence-corrected chi connectivity index (χ4v) is 5.48. The largest absolute Gasteiger partial charge is 0.481 e. The number of hydrogen-bond acceptors (Lipinski definition) is 4. The van der Waals surface area contributed by atoms with Gasteiger partial charge in [0.05, 0.1) is 5.41 Å². The van der Waals surface area contributed by atoms with Crippen LogP contribution in [-0.2, 0) is 14.3 Å². The number of nitrogens with zero attached hydrogens (tertiary/aromatic N) is 1. The quantitative estimate of drug-likeness (QED) is 0.679. The summed E-state index contributed by atoms with van der Waals surface area (Å²) >= 11 is 0. The van der Waals surface area contributed by atoms with Crippen LogP contribution in [0.4, 0.5) is 4.79 Å². The molecule has 0 spiro atoms. The summed E-state index contributed by atoms with van der Waals surface area (Å²) in [6.45, 7) is 3.21. The molecule has 1 heterocycles. The highest BCUT2D eigenvalue weighted by molar-refractivity contribution is 5.83. The maximum absolute atomic E-state index is 12.8. The molecular formula is C27H30N2O5. The van der Waals surface area contributed by atoms with Crippen molar-refractivity contribution in [1.82, 2.24) is 10.2 Å². The van der Waals surface area contributed by atoms with Crippen LogP contribution in [0.1, 0.15) is 43.2 Å². The van der Waals surface area contributed by atoms with Gasteiger partial charge >= 0.3 is 12.1 Å². The molecule has 7 nitrogen and oxygen atoms in total. The van der Waals surface area contributed by atoms with Crippen molar-refractivity contribution in [2.45, 2.75) is 32.1 Å². The fraction of sp³-hybridized carbons (Fsp3) is 0.444. The molecule has 2 aromatic rings. The molecule has 0 bridgehead atoms. The average Bonchev–Trinajstić information content (AvgIpc) is 3.55. The van der Waals surface area contributed by atoms with E-state index < -0.39 is 17.5 Å². The third-order valence-corrected chi connectivity index (χ3v) is 7.62. The summed E-state index contributed by atoms with van der Waals surface area (Å²) < 4.78 is 5.57. The second-order valence-electron chi connectivity index (χ2n) is 10.0. The molecule has 0 radical (unpaired) electrons. The van der Waals surface area contributed by atoms with E-state index in [1.807, 2.05) is 24.3 Å². The highest BCUT2D eigenvalue weighted by Crippen LogP contribution is 2.44. The lowest BCUT2D eigenvalue weighted by molar-refractivity contribution is -0.153. The molecule has 178 valence electrons. The number of fused-ring (bicyclic) bond motifs is 3. The van der Waals surface area contributed by atoms with Crippen LogP contribution in [0.3, 0.4) is 0 Å². The van der Waals surface area contributed by atoms with Gasteiger partial charge in [-0.3, -0.25) is 9.59 Å². The molecule has 3 unspecified atom stereocenters. The molecule has 7 heteroatoms. The molecule has 2 fully saturated rings. The van der Waals surface area contributed by atoms with E-state index in [4.69, 9.17) is 4.74 Å². The number of likely N-dealkylation sites (tertiary alicyclic amines) is 1. The van der Waals surface area contributed by atoms with E-state index in [9.17, 15) is 19.5 Å². The van der Waals surface area contributed by atoms with E-state index >= 15 is 0 Å². The summed E-state index contributed by atoms with van der Waals surface area (Å²) in [7, 11) is 0. The molecule has 34 heavy (non-hydrogen) atoms. The molecule has 2 aliphatic carbocycles. The Bertz CT molecular complexity index is 1090. The summed E-state index contributed by atoms with van der Waals surface area (Å²) in [6, 6.07) is 16.4. The number of hydrogen-bond donors (Lipinski definition) is 2. The van der Waals surface area contributed by atoms with Crippen LogP contribution < -0.4 is 5.32 Å². The standard InChI is InChI=1S/C27H30N2O5/c1-27(25(31)32)11-6-12-29(16-27)24(30)22-13-17(22)14-28-26(33)34-15-23-20-9-4-2-7-18(20)19-8-3-5-10-21(19)23/h2-5,7-10,17,22-23H,6,11-16H2,1H3,(H,28,33)(H,31,32). The van der Waals surface area contributed by atoms with Crippen LogP contribution in [-0.4, -0.2) is 54.2 Å². The molecule has 0 aromatic heterocycles. The minimum atomic E-state index is -0.877. The van der Waals surface area contributed by atoms with Crippen LogP contribution in [0, 0.1) is 17.3 Å². The zero-order valence-corrected chi connectivity index (χ0v) is 19.3. The Morgan fingerprint density at radius 2 is 1.74 bits per heavy atom. The molecule has 2 N–H and O–H groups in total. The maximum Gasteiger partial charge on any atom is 0.407 e. The normalized spacial score (nSPS) is 25.3. The van der Waals surface area contributed by atoms with E-state index in [0.717, 1.165) is 0 Å². The van der Waals surface area contributed by atoms with E-state index in [0.29, 0.717) is 32.4 Å². The van der Waals surface area contributed by atoms with Crippen molar-refractivity contribution >= 4 is 18.0 Å². The summed E-state index contributed by atoms with van der Waals surface area (Å²) in [5.74, 6) is -0.909. The monoisotopic (exact) mass is 462 g/mol. The lowest BCUT2D eigenvalue weighted by atomic mass is 9.82. The number of carbonyl (C=O) groups is 3. The SMILES string of the molecule is CC1(C(=O)O)CCCN(C(=O)C2CC2CNC(=O)OCC2c3ccccc3-c3ccccc32)C1. The van der Waals surface area contributed by atoms with Crippen molar-refractivity contribution in [1.29, 1.82) is 0 Å².